The van der Waals surface area contributed by atoms with E-state index in [1.54, 1.807) is 55.7 Å². The lowest BCUT2D eigenvalue weighted by atomic mass is 10.0. The van der Waals surface area contributed by atoms with Crippen LogP contribution in [-0.2, 0) is 16.1 Å². The number of hydrogen-bond donors (Lipinski definition) is 2. The Hall–Kier alpha value is -4.10. The maximum Gasteiger partial charge on any atom is 0.248 e. The average molecular weight is 596 g/mol. The van der Waals surface area contributed by atoms with Crippen molar-refractivity contribution in [2.24, 2.45) is 0 Å². The minimum Gasteiger partial charge on any atom is -0.388 e. The molecule has 0 spiro atoms. The summed E-state index contributed by atoms with van der Waals surface area (Å²) in [5.41, 5.74) is 1.90. The Balaban J connectivity index is 1.42. The maximum atomic E-state index is 14.4. The number of ketones is 1. The Morgan fingerprint density at radius 3 is 2.64 bits per heavy atom. The summed E-state index contributed by atoms with van der Waals surface area (Å²) < 4.78 is 16.3. The highest BCUT2D eigenvalue weighted by molar-refractivity contribution is 9.10. The van der Waals surface area contributed by atoms with E-state index in [2.05, 4.69) is 41.3 Å². The summed E-state index contributed by atoms with van der Waals surface area (Å²) in [4.78, 5) is 52.5. The maximum absolute atomic E-state index is 14.4. The van der Waals surface area contributed by atoms with Crippen LogP contribution in [0.25, 0.3) is 22.0 Å². The Labute approximate surface area is 230 Å². The van der Waals surface area contributed by atoms with Gasteiger partial charge in [-0.05, 0) is 52.7 Å². The number of benzene rings is 1. The summed E-state index contributed by atoms with van der Waals surface area (Å²) >= 11 is 3.23. The van der Waals surface area contributed by atoms with Gasteiger partial charge in [0.25, 0.3) is 0 Å². The van der Waals surface area contributed by atoms with E-state index in [4.69, 9.17) is 0 Å². The van der Waals surface area contributed by atoms with E-state index in [1.807, 2.05) is 0 Å². The first-order valence-electron chi connectivity index (χ1n) is 12.0. The number of Topliss-reactive ketones (excluding diaryl/α,β-unsaturated/α-hetero) is 1. The van der Waals surface area contributed by atoms with Crippen molar-refractivity contribution in [1.29, 1.82) is 0 Å². The van der Waals surface area contributed by atoms with Gasteiger partial charge in [0.15, 0.2) is 0 Å². The second-order valence-corrected chi connectivity index (χ2v) is 9.88. The lowest BCUT2D eigenvalue weighted by Crippen LogP contribution is -2.44. The monoisotopic (exact) mass is 595 g/mol. The highest BCUT2D eigenvalue weighted by Gasteiger charge is 2.40. The van der Waals surface area contributed by atoms with Crippen LogP contribution in [0.15, 0.2) is 53.4 Å². The van der Waals surface area contributed by atoms with Gasteiger partial charge in [0.2, 0.25) is 17.6 Å². The minimum atomic E-state index is -1.37. The number of aryl methyl sites for hydroxylation is 1. The normalized spacial score (nSPS) is 17.0. The topological polar surface area (TPSA) is 143 Å². The number of aliphatic hydroxyl groups excluding tert-OH is 1. The summed E-state index contributed by atoms with van der Waals surface area (Å²) in [5, 5.41) is 16.9. The molecule has 4 aromatic rings. The molecule has 1 fully saturated rings. The van der Waals surface area contributed by atoms with E-state index in [0.717, 1.165) is 5.56 Å². The smallest absolute Gasteiger partial charge is 0.248 e. The summed E-state index contributed by atoms with van der Waals surface area (Å²) in [6.45, 7) is 0.415. The van der Waals surface area contributed by atoms with Gasteiger partial charge in [-0.2, -0.15) is 5.10 Å². The average Bonchev–Trinajstić information content (AvgIpc) is 3.49. The Kier molecular flexibility index (Phi) is 7.44. The number of fused-ring (bicyclic) bond motifs is 1. The molecular formula is C26H23BrFN7O4. The van der Waals surface area contributed by atoms with Gasteiger partial charge in [0.05, 0.1) is 12.1 Å². The molecule has 1 aliphatic rings. The van der Waals surface area contributed by atoms with Gasteiger partial charge < -0.3 is 15.3 Å². The van der Waals surface area contributed by atoms with E-state index in [-0.39, 0.29) is 31.0 Å². The Morgan fingerprint density at radius 2 is 1.92 bits per heavy atom. The van der Waals surface area contributed by atoms with Crippen LogP contribution in [0, 0.1) is 6.92 Å². The van der Waals surface area contributed by atoms with E-state index >= 15 is 0 Å². The molecule has 2 N–H and O–H groups in total. The van der Waals surface area contributed by atoms with Crippen LogP contribution in [0.2, 0.25) is 0 Å². The van der Waals surface area contributed by atoms with Gasteiger partial charge in [0, 0.05) is 29.8 Å². The minimum absolute atomic E-state index is 0.00464. The number of nitrogens with zero attached hydrogens (tertiary/aromatic N) is 6. The molecule has 2 amide bonds. The number of nitrogens with one attached hydrogen (secondary N) is 1. The number of aromatic nitrogens is 5. The van der Waals surface area contributed by atoms with Crippen molar-refractivity contribution in [2.45, 2.75) is 32.1 Å². The quantitative estimate of drug-likeness (QED) is 0.245. The molecular weight excluding hydrogens is 573 g/mol. The van der Waals surface area contributed by atoms with Crippen molar-refractivity contribution in [2.75, 3.05) is 18.5 Å². The molecule has 1 saturated heterocycles. The van der Waals surface area contributed by atoms with Crippen molar-refractivity contribution >= 4 is 50.2 Å². The van der Waals surface area contributed by atoms with E-state index in [9.17, 15) is 23.9 Å². The molecule has 1 aliphatic heterocycles. The Bertz CT molecular complexity index is 1580. The Morgan fingerprint density at radius 1 is 1.15 bits per heavy atom. The molecule has 4 heterocycles. The number of carbonyl (C=O) groups is 3. The number of hydrogen-bond acceptors (Lipinski definition) is 8. The zero-order chi connectivity index (χ0) is 27.7. The molecule has 0 saturated carbocycles. The zero-order valence-corrected chi connectivity index (χ0v) is 22.3. The second kappa shape index (κ2) is 10.9. The van der Waals surface area contributed by atoms with Crippen LogP contribution in [0.5, 0.6) is 0 Å². The molecule has 200 valence electrons. The third-order valence-electron chi connectivity index (χ3n) is 6.40. The largest absolute Gasteiger partial charge is 0.388 e. The number of anilines is 1. The number of carbonyl (C=O) groups excluding carboxylic acids is 3. The van der Waals surface area contributed by atoms with Gasteiger partial charge in [-0.25, -0.2) is 19.3 Å². The lowest BCUT2D eigenvalue weighted by Gasteiger charge is -2.23. The van der Waals surface area contributed by atoms with Gasteiger partial charge in [-0.3, -0.25) is 19.1 Å². The SMILES string of the molecule is Cc1ncc(-c2ccc3c(c2)c(C(=O)CO)nn3CC(=O)N2C[C@H](F)C[C@H]2C(=O)Nc2cccc(Br)n2)cn1. The van der Waals surface area contributed by atoms with Crippen LogP contribution < -0.4 is 5.32 Å². The van der Waals surface area contributed by atoms with Crippen molar-refractivity contribution < 1.29 is 23.9 Å². The van der Waals surface area contributed by atoms with Gasteiger partial charge in [-0.15, -0.1) is 0 Å². The number of likely N-dealkylation sites (tertiary alicyclic amines) is 1. The predicted octanol–water partition coefficient (Wildman–Crippen LogP) is 2.71. The lowest BCUT2D eigenvalue weighted by molar-refractivity contribution is -0.137. The predicted molar refractivity (Wildman–Crippen MR) is 142 cm³/mol. The molecule has 0 bridgehead atoms. The molecule has 2 atom stereocenters. The molecule has 0 radical (unpaired) electrons. The fourth-order valence-corrected chi connectivity index (χ4v) is 4.86. The highest BCUT2D eigenvalue weighted by Crippen LogP contribution is 2.28. The van der Waals surface area contributed by atoms with Crippen molar-refractivity contribution in [3.05, 3.63) is 64.9 Å². The summed E-state index contributed by atoms with van der Waals surface area (Å²) in [6.07, 6.45) is 1.78. The number of rotatable bonds is 7. The fraction of sp³-hybridized carbons (Fsp3) is 0.269. The van der Waals surface area contributed by atoms with E-state index in [0.29, 0.717) is 26.9 Å². The molecule has 0 unspecified atom stereocenters. The van der Waals surface area contributed by atoms with Crippen LogP contribution in [-0.4, -0.2) is 77.7 Å². The van der Waals surface area contributed by atoms with Crippen LogP contribution >= 0.6 is 15.9 Å². The molecule has 5 rings (SSSR count). The van der Waals surface area contributed by atoms with Crippen molar-refractivity contribution in [3.63, 3.8) is 0 Å². The fourth-order valence-electron chi connectivity index (χ4n) is 4.52. The van der Waals surface area contributed by atoms with E-state index in [1.165, 1.54) is 9.58 Å². The third-order valence-corrected chi connectivity index (χ3v) is 6.84. The molecule has 0 aliphatic carbocycles. The van der Waals surface area contributed by atoms with Gasteiger partial charge in [-0.1, -0.05) is 12.1 Å². The van der Waals surface area contributed by atoms with Crippen LogP contribution in [0.3, 0.4) is 0 Å². The first kappa shape index (κ1) is 26.5. The third kappa shape index (κ3) is 5.54. The number of pyridine rings is 1. The second-order valence-electron chi connectivity index (χ2n) is 9.07. The molecule has 13 heteroatoms. The number of amides is 2. The van der Waals surface area contributed by atoms with Gasteiger partial charge in [0.1, 0.15) is 47.3 Å². The van der Waals surface area contributed by atoms with Crippen molar-refractivity contribution in [3.8, 4) is 11.1 Å². The molecule has 39 heavy (non-hydrogen) atoms. The first-order valence-corrected chi connectivity index (χ1v) is 12.8. The summed E-state index contributed by atoms with van der Waals surface area (Å²) in [7, 11) is 0. The van der Waals surface area contributed by atoms with Crippen LogP contribution in [0.4, 0.5) is 10.2 Å². The van der Waals surface area contributed by atoms with Crippen LogP contribution in [0.1, 0.15) is 22.7 Å². The zero-order valence-electron chi connectivity index (χ0n) is 20.7. The summed E-state index contributed by atoms with van der Waals surface area (Å²) in [6, 6.07) is 9.12. The van der Waals surface area contributed by atoms with E-state index < -0.39 is 36.4 Å². The molecule has 1 aromatic carbocycles. The first-order chi connectivity index (χ1) is 18.7. The summed E-state index contributed by atoms with van der Waals surface area (Å²) in [5.74, 6) is -0.836. The number of alkyl halides is 1. The molecule has 11 nitrogen and oxygen atoms in total. The standard InChI is InChI=1S/C26H23BrFN7O4/c1-14-29-9-16(10-30-14)15-5-6-19-18(7-15)25(21(37)13-36)33-35(19)12-24(38)34-11-17(28)8-20(34)26(39)32-23-4-2-3-22(27)31-23/h2-7,9-10,17,20,36H,8,11-13H2,1H3,(H,31,32,39)/t17-,20+/m1/s1. The molecule has 3 aromatic heterocycles. The van der Waals surface area contributed by atoms with Crippen molar-refractivity contribution in [1.82, 2.24) is 29.6 Å². The number of aliphatic hydroxyl groups is 1. The highest BCUT2D eigenvalue weighted by atomic mass is 79.9. The van der Waals surface area contributed by atoms with Gasteiger partial charge >= 0.3 is 0 Å². The number of halogens is 2.